The van der Waals surface area contributed by atoms with E-state index in [0.717, 1.165) is 53.1 Å². The fraction of sp³-hybridized carbons (Fsp3) is 0.346. The molecule has 0 amide bonds. The molecule has 3 heterocycles. The van der Waals surface area contributed by atoms with Crippen LogP contribution in [0, 0.1) is 17.3 Å². The summed E-state index contributed by atoms with van der Waals surface area (Å²) in [6.07, 6.45) is 15.3. The maximum absolute atomic E-state index is 6.28. The standard InChI is InChI=1S/C26H26N2O2/c1-2-7-19-8-4-3-5-9-20(14-19)21-11-12-23-22(15-21)26(13-6-10-24(27)28-26)25(18-30-23)16-29-17-25/h3-5,8-9,11-12,14-15H,6,10,13,16-18H2,1H3,(H2,27,28)/b4-3?,5-3+,8-4?,9-5?,19-8?,19-14?,20-9+,20-14?. The van der Waals surface area contributed by atoms with Crippen molar-refractivity contribution in [1.29, 1.82) is 0 Å². The van der Waals surface area contributed by atoms with Crippen molar-refractivity contribution >= 4 is 11.4 Å². The molecule has 2 spiro atoms. The summed E-state index contributed by atoms with van der Waals surface area (Å²) in [5.74, 6) is 7.83. The van der Waals surface area contributed by atoms with E-state index in [2.05, 4.69) is 48.3 Å². The number of nitrogens with two attached hydrogens (primary N) is 1. The van der Waals surface area contributed by atoms with Crippen molar-refractivity contribution in [2.45, 2.75) is 31.7 Å². The highest BCUT2D eigenvalue weighted by molar-refractivity contribution is 5.83. The predicted molar refractivity (Wildman–Crippen MR) is 120 cm³/mol. The molecular formula is C26H26N2O2. The Labute approximate surface area is 177 Å². The van der Waals surface area contributed by atoms with Crippen LogP contribution in [-0.2, 0) is 10.3 Å². The lowest BCUT2D eigenvalue weighted by molar-refractivity contribution is -0.185. The Morgan fingerprint density at radius 3 is 2.80 bits per heavy atom. The van der Waals surface area contributed by atoms with Gasteiger partial charge in [-0.3, -0.25) is 4.99 Å². The Balaban J connectivity index is 1.66. The average Bonchev–Trinajstić information content (AvgIpc) is 2.69. The van der Waals surface area contributed by atoms with Crippen molar-refractivity contribution in [2.75, 3.05) is 19.8 Å². The van der Waals surface area contributed by atoms with E-state index >= 15 is 0 Å². The van der Waals surface area contributed by atoms with Crippen LogP contribution in [0.5, 0.6) is 5.75 Å². The van der Waals surface area contributed by atoms with Crippen LogP contribution in [0.3, 0.4) is 0 Å². The van der Waals surface area contributed by atoms with E-state index in [0.29, 0.717) is 19.8 Å². The van der Waals surface area contributed by atoms with E-state index in [9.17, 15) is 0 Å². The number of benzene rings is 1. The van der Waals surface area contributed by atoms with Crippen LogP contribution in [-0.4, -0.2) is 25.7 Å². The van der Waals surface area contributed by atoms with Gasteiger partial charge in [-0.15, -0.1) is 5.92 Å². The van der Waals surface area contributed by atoms with E-state index in [1.807, 2.05) is 25.2 Å². The topological polar surface area (TPSA) is 56.8 Å². The van der Waals surface area contributed by atoms with Crippen molar-refractivity contribution in [3.05, 3.63) is 71.4 Å². The van der Waals surface area contributed by atoms with Gasteiger partial charge in [-0.1, -0.05) is 36.3 Å². The summed E-state index contributed by atoms with van der Waals surface area (Å²) < 4.78 is 11.9. The molecule has 1 unspecified atom stereocenters. The van der Waals surface area contributed by atoms with Crippen LogP contribution in [0.2, 0.25) is 0 Å². The first-order valence-electron chi connectivity index (χ1n) is 10.5. The summed E-state index contributed by atoms with van der Waals surface area (Å²) in [5, 5.41) is 0. The molecule has 1 atom stereocenters. The number of ether oxygens (including phenoxy) is 2. The molecule has 1 fully saturated rings. The molecular weight excluding hydrogens is 372 g/mol. The Hall–Kier alpha value is -3.03. The zero-order valence-electron chi connectivity index (χ0n) is 17.3. The lowest BCUT2D eigenvalue weighted by Crippen LogP contribution is -2.63. The molecule has 1 saturated heterocycles. The lowest BCUT2D eigenvalue weighted by atomic mass is 9.60. The molecule has 5 rings (SSSR count). The molecule has 4 nitrogen and oxygen atoms in total. The van der Waals surface area contributed by atoms with Gasteiger partial charge in [0.15, 0.2) is 0 Å². The molecule has 4 heteroatoms. The van der Waals surface area contributed by atoms with E-state index in [-0.39, 0.29) is 11.0 Å². The first-order chi connectivity index (χ1) is 14.7. The lowest BCUT2D eigenvalue weighted by Gasteiger charge is -2.56. The molecule has 0 saturated carbocycles. The van der Waals surface area contributed by atoms with E-state index < -0.39 is 0 Å². The number of nitrogens with zero attached hydrogens (tertiary/aromatic N) is 1. The zero-order chi connectivity index (χ0) is 20.6. The van der Waals surface area contributed by atoms with Crippen LogP contribution in [0.25, 0.3) is 5.57 Å². The summed E-state index contributed by atoms with van der Waals surface area (Å²) in [6, 6.07) is 6.45. The third kappa shape index (κ3) is 2.93. The molecule has 1 aliphatic carbocycles. The van der Waals surface area contributed by atoms with Gasteiger partial charge in [0.1, 0.15) is 17.9 Å². The summed E-state index contributed by atoms with van der Waals surface area (Å²) >= 11 is 0. The smallest absolute Gasteiger partial charge is 0.125 e. The molecule has 0 aromatic heterocycles. The van der Waals surface area contributed by atoms with Crippen LogP contribution >= 0.6 is 0 Å². The maximum Gasteiger partial charge on any atom is 0.125 e. The molecule has 1 aromatic rings. The van der Waals surface area contributed by atoms with Crippen LogP contribution in [0.4, 0.5) is 0 Å². The van der Waals surface area contributed by atoms with E-state index in [4.69, 9.17) is 20.2 Å². The molecule has 30 heavy (non-hydrogen) atoms. The molecule has 4 aliphatic rings. The maximum atomic E-state index is 6.28. The van der Waals surface area contributed by atoms with Crippen molar-refractivity contribution < 1.29 is 9.47 Å². The SMILES string of the molecule is CC#CC1=C/C(c2ccc3c(c2)C2(CCCC(N)=N2)C2(COC2)CO3)=C\C=C\C=C1. The third-order valence-corrected chi connectivity index (χ3v) is 6.56. The van der Waals surface area contributed by atoms with Crippen molar-refractivity contribution in [2.24, 2.45) is 16.1 Å². The Kier molecular flexibility index (Phi) is 4.64. The van der Waals surface area contributed by atoms with Gasteiger partial charge in [0.25, 0.3) is 0 Å². The molecule has 0 radical (unpaired) electrons. The van der Waals surface area contributed by atoms with Crippen LogP contribution < -0.4 is 10.5 Å². The number of hydrogen-bond donors (Lipinski definition) is 1. The zero-order valence-corrected chi connectivity index (χ0v) is 17.3. The first kappa shape index (κ1) is 19.0. The summed E-state index contributed by atoms with van der Waals surface area (Å²) in [5.41, 5.74) is 10.1. The second-order valence-corrected chi connectivity index (χ2v) is 8.43. The minimum Gasteiger partial charge on any atom is -0.492 e. The molecule has 2 N–H and O–H groups in total. The summed E-state index contributed by atoms with van der Waals surface area (Å²) in [6.45, 7) is 3.82. The molecule has 1 aromatic carbocycles. The number of rotatable bonds is 1. The number of amidine groups is 1. The highest BCUT2D eigenvalue weighted by Crippen LogP contribution is 2.58. The molecule has 0 bridgehead atoms. The van der Waals surface area contributed by atoms with Gasteiger partial charge in [-0.25, -0.2) is 0 Å². The van der Waals surface area contributed by atoms with Crippen molar-refractivity contribution in [3.63, 3.8) is 0 Å². The number of fused-ring (bicyclic) bond motifs is 3. The fourth-order valence-electron chi connectivity index (χ4n) is 4.96. The Morgan fingerprint density at radius 1 is 1.13 bits per heavy atom. The Bertz CT molecular complexity index is 1090. The average molecular weight is 399 g/mol. The second-order valence-electron chi connectivity index (χ2n) is 8.43. The van der Waals surface area contributed by atoms with Gasteiger partial charge >= 0.3 is 0 Å². The predicted octanol–water partition coefficient (Wildman–Crippen LogP) is 4.29. The highest BCUT2D eigenvalue weighted by atomic mass is 16.5. The van der Waals surface area contributed by atoms with Crippen LogP contribution in [0.1, 0.15) is 37.3 Å². The third-order valence-electron chi connectivity index (χ3n) is 6.56. The van der Waals surface area contributed by atoms with E-state index in [1.54, 1.807) is 0 Å². The second kappa shape index (κ2) is 7.34. The van der Waals surface area contributed by atoms with E-state index in [1.165, 1.54) is 0 Å². The summed E-state index contributed by atoms with van der Waals surface area (Å²) in [7, 11) is 0. The quantitative estimate of drug-likeness (QED) is 0.718. The van der Waals surface area contributed by atoms with Gasteiger partial charge < -0.3 is 15.2 Å². The fourth-order valence-corrected chi connectivity index (χ4v) is 4.96. The highest BCUT2D eigenvalue weighted by Gasteiger charge is 2.61. The number of allylic oxidation sites excluding steroid dienone is 8. The van der Waals surface area contributed by atoms with Gasteiger partial charge in [0.05, 0.1) is 24.5 Å². The molecule has 3 aliphatic heterocycles. The summed E-state index contributed by atoms with van der Waals surface area (Å²) in [4.78, 5) is 5.11. The minimum absolute atomic E-state index is 0.129. The van der Waals surface area contributed by atoms with Gasteiger partial charge in [-0.05, 0) is 55.2 Å². The van der Waals surface area contributed by atoms with Gasteiger partial charge in [0.2, 0.25) is 0 Å². The largest absolute Gasteiger partial charge is 0.492 e. The van der Waals surface area contributed by atoms with Crippen LogP contribution in [0.15, 0.2) is 65.2 Å². The Morgan fingerprint density at radius 2 is 2.03 bits per heavy atom. The van der Waals surface area contributed by atoms with Crippen molar-refractivity contribution in [1.82, 2.24) is 0 Å². The monoisotopic (exact) mass is 398 g/mol. The number of aliphatic imine (C=N–C) groups is 1. The van der Waals surface area contributed by atoms with Gasteiger partial charge in [-0.2, -0.15) is 0 Å². The molecule has 152 valence electrons. The van der Waals surface area contributed by atoms with Crippen molar-refractivity contribution in [3.8, 4) is 17.6 Å². The normalized spacial score (nSPS) is 28.9. The number of hydrogen-bond acceptors (Lipinski definition) is 4. The minimum atomic E-state index is -0.370. The van der Waals surface area contributed by atoms with Gasteiger partial charge in [0, 0.05) is 17.6 Å². The first-order valence-corrected chi connectivity index (χ1v) is 10.5.